The maximum atomic E-state index is 12.3. The molecular weight excluding hydrogens is 258 g/mol. The summed E-state index contributed by atoms with van der Waals surface area (Å²) < 4.78 is 0. The lowest BCUT2D eigenvalue weighted by molar-refractivity contribution is 0.0664. The smallest absolute Gasteiger partial charge is 0.177 e. The Balaban J connectivity index is 1.89. The SMILES string of the molecule is Cc1cc(C(=O)CN2CCC(C(C)O)CC2)c(C)s1. The number of likely N-dealkylation sites (tertiary alicyclic amines) is 1. The summed E-state index contributed by atoms with van der Waals surface area (Å²) in [5, 5.41) is 9.58. The van der Waals surface area contributed by atoms with E-state index < -0.39 is 0 Å². The number of Topliss-reactive ketones (excluding diaryl/α,β-unsaturated/α-hetero) is 1. The summed E-state index contributed by atoms with van der Waals surface area (Å²) in [6.45, 7) is 8.28. The first-order valence-corrected chi connectivity index (χ1v) is 7.79. The molecule has 1 atom stereocenters. The maximum absolute atomic E-state index is 12.3. The van der Waals surface area contributed by atoms with Crippen molar-refractivity contribution < 1.29 is 9.90 Å². The van der Waals surface area contributed by atoms with E-state index in [0.717, 1.165) is 36.4 Å². The number of aryl methyl sites for hydroxylation is 2. The molecule has 1 aromatic heterocycles. The van der Waals surface area contributed by atoms with Gasteiger partial charge in [0, 0.05) is 15.3 Å². The monoisotopic (exact) mass is 281 g/mol. The van der Waals surface area contributed by atoms with Crippen molar-refractivity contribution in [3.8, 4) is 0 Å². The molecule has 1 N–H and O–H groups in total. The number of carbonyl (C=O) groups is 1. The van der Waals surface area contributed by atoms with Gasteiger partial charge in [0.15, 0.2) is 5.78 Å². The predicted octanol–water partition coefficient (Wildman–Crippen LogP) is 2.64. The van der Waals surface area contributed by atoms with E-state index in [-0.39, 0.29) is 11.9 Å². The summed E-state index contributed by atoms with van der Waals surface area (Å²) in [6.07, 6.45) is 1.76. The van der Waals surface area contributed by atoms with E-state index in [4.69, 9.17) is 0 Å². The van der Waals surface area contributed by atoms with Crippen molar-refractivity contribution in [3.05, 3.63) is 21.4 Å². The average molecular weight is 281 g/mol. The molecule has 0 amide bonds. The van der Waals surface area contributed by atoms with Crippen molar-refractivity contribution in [2.45, 2.75) is 39.7 Å². The highest BCUT2D eigenvalue weighted by atomic mass is 32.1. The topological polar surface area (TPSA) is 40.5 Å². The van der Waals surface area contributed by atoms with E-state index in [2.05, 4.69) is 4.90 Å². The van der Waals surface area contributed by atoms with Crippen LogP contribution in [0.15, 0.2) is 6.07 Å². The minimum Gasteiger partial charge on any atom is -0.393 e. The molecule has 106 valence electrons. The number of thiophene rings is 1. The van der Waals surface area contributed by atoms with Crippen molar-refractivity contribution in [3.63, 3.8) is 0 Å². The quantitative estimate of drug-likeness (QED) is 0.863. The van der Waals surface area contributed by atoms with Crippen molar-refractivity contribution >= 4 is 17.1 Å². The van der Waals surface area contributed by atoms with Gasteiger partial charge in [-0.2, -0.15) is 0 Å². The first kappa shape index (κ1) is 14.7. The van der Waals surface area contributed by atoms with E-state index in [1.807, 2.05) is 26.8 Å². The zero-order chi connectivity index (χ0) is 14.0. The van der Waals surface area contributed by atoms with Gasteiger partial charge >= 0.3 is 0 Å². The number of hydrogen-bond acceptors (Lipinski definition) is 4. The number of hydrogen-bond donors (Lipinski definition) is 1. The first-order chi connectivity index (χ1) is 8.97. The number of nitrogens with zero attached hydrogens (tertiary/aromatic N) is 1. The van der Waals surface area contributed by atoms with Gasteiger partial charge in [-0.3, -0.25) is 9.69 Å². The number of aliphatic hydroxyl groups is 1. The molecule has 0 aromatic carbocycles. The molecule has 1 saturated heterocycles. The third-order valence-corrected chi connectivity index (χ3v) is 4.99. The van der Waals surface area contributed by atoms with Crippen LogP contribution in [-0.2, 0) is 0 Å². The van der Waals surface area contributed by atoms with Crippen LogP contribution in [0.3, 0.4) is 0 Å². The Kier molecular flexibility index (Phi) is 4.76. The Labute approximate surface area is 119 Å². The van der Waals surface area contributed by atoms with E-state index in [1.54, 1.807) is 11.3 Å². The van der Waals surface area contributed by atoms with E-state index in [1.165, 1.54) is 4.88 Å². The van der Waals surface area contributed by atoms with Crippen LogP contribution in [0.25, 0.3) is 0 Å². The summed E-state index contributed by atoms with van der Waals surface area (Å²) in [5.74, 6) is 0.633. The Hall–Kier alpha value is -0.710. The molecule has 0 bridgehead atoms. The lowest BCUT2D eigenvalue weighted by Crippen LogP contribution is -2.39. The van der Waals surface area contributed by atoms with Gasteiger partial charge in [0.05, 0.1) is 12.6 Å². The van der Waals surface area contributed by atoms with Crippen LogP contribution in [-0.4, -0.2) is 41.5 Å². The fourth-order valence-electron chi connectivity index (χ4n) is 2.79. The number of carbonyl (C=O) groups excluding carboxylic acids is 1. The Morgan fingerprint density at radius 1 is 1.47 bits per heavy atom. The lowest BCUT2D eigenvalue weighted by atomic mass is 9.92. The highest BCUT2D eigenvalue weighted by Crippen LogP contribution is 2.23. The van der Waals surface area contributed by atoms with E-state index in [0.29, 0.717) is 12.5 Å². The lowest BCUT2D eigenvalue weighted by Gasteiger charge is -2.32. The molecule has 4 heteroatoms. The number of aliphatic hydroxyl groups excluding tert-OH is 1. The zero-order valence-electron chi connectivity index (χ0n) is 12.0. The maximum Gasteiger partial charge on any atom is 0.177 e. The molecule has 1 aromatic rings. The van der Waals surface area contributed by atoms with Crippen molar-refractivity contribution in [1.82, 2.24) is 4.90 Å². The fraction of sp³-hybridized carbons (Fsp3) is 0.667. The Morgan fingerprint density at radius 2 is 2.11 bits per heavy atom. The highest BCUT2D eigenvalue weighted by Gasteiger charge is 2.24. The number of ketones is 1. The minimum absolute atomic E-state index is 0.223. The van der Waals surface area contributed by atoms with Gasteiger partial charge in [-0.05, 0) is 58.7 Å². The summed E-state index contributed by atoms with van der Waals surface area (Å²) in [6, 6.07) is 2.00. The second-order valence-corrected chi connectivity index (χ2v) is 7.06. The third kappa shape index (κ3) is 3.65. The summed E-state index contributed by atoms with van der Waals surface area (Å²) in [5.41, 5.74) is 0.889. The first-order valence-electron chi connectivity index (χ1n) is 6.98. The molecule has 2 heterocycles. The predicted molar refractivity (Wildman–Crippen MR) is 79.0 cm³/mol. The standard InChI is InChI=1S/C15H23NO2S/c1-10-8-14(12(3)19-10)15(18)9-16-6-4-13(5-7-16)11(2)17/h8,11,13,17H,4-7,9H2,1-3H3. The summed E-state index contributed by atoms with van der Waals surface area (Å²) in [4.78, 5) is 16.8. The summed E-state index contributed by atoms with van der Waals surface area (Å²) in [7, 11) is 0. The van der Waals surface area contributed by atoms with Gasteiger partial charge in [0.25, 0.3) is 0 Å². The molecule has 1 unspecified atom stereocenters. The molecule has 0 spiro atoms. The second kappa shape index (κ2) is 6.16. The van der Waals surface area contributed by atoms with Crippen molar-refractivity contribution in [2.75, 3.05) is 19.6 Å². The van der Waals surface area contributed by atoms with Crippen LogP contribution in [0, 0.1) is 19.8 Å². The van der Waals surface area contributed by atoms with Crippen LogP contribution in [0.1, 0.15) is 39.9 Å². The molecule has 19 heavy (non-hydrogen) atoms. The number of piperidine rings is 1. The molecule has 1 aliphatic heterocycles. The van der Waals surface area contributed by atoms with Crippen LogP contribution in [0.5, 0.6) is 0 Å². The average Bonchev–Trinajstić information content (AvgIpc) is 2.69. The third-order valence-electron chi connectivity index (χ3n) is 4.02. The highest BCUT2D eigenvalue weighted by molar-refractivity contribution is 7.12. The van der Waals surface area contributed by atoms with Gasteiger partial charge in [0.1, 0.15) is 0 Å². The van der Waals surface area contributed by atoms with Crippen LogP contribution < -0.4 is 0 Å². The zero-order valence-corrected chi connectivity index (χ0v) is 12.8. The van der Waals surface area contributed by atoms with Crippen molar-refractivity contribution in [2.24, 2.45) is 5.92 Å². The van der Waals surface area contributed by atoms with Crippen LogP contribution in [0.2, 0.25) is 0 Å². The largest absolute Gasteiger partial charge is 0.393 e. The van der Waals surface area contributed by atoms with E-state index >= 15 is 0 Å². The molecule has 2 rings (SSSR count). The molecule has 0 aliphatic carbocycles. The van der Waals surface area contributed by atoms with Gasteiger partial charge in [0.2, 0.25) is 0 Å². The van der Waals surface area contributed by atoms with Gasteiger partial charge < -0.3 is 5.11 Å². The molecule has 0 radical (unpaired) electrons. The molecule has 0 saturated carbocycles. The van der Waals surface area contributed by atoms with Gasteiger partial charge in [-0.1, -0.05) is 0 Å². The second-order valence-electron chi connectivity index (χ2n) is 5.60. The Bertz CT molecular complexity index is 445. The molecular formula is C15H23NO2S. The Morgan fingerprint density at radius 3 is 2.58 bits per heavy atom. The molecule has 1 aliphatic rings. The minimum atomic E-state index is -0.223. The van der Waals surface area contributed by atoms with Crippen LogP contribution in [0.4, 0.5) is 0 Å². The van der Waals surface area contributed by atoms with Gasteiger partial charge in [-0.25, -0.2) is 0 Å². The van der Waals surface area contributed by atoms with Gasteiger partial charge in [-0.15, -0.1) is 11.3 Å². The molecule has 3 nitrogen and oxygen atoms in total. The summed E-state index contributed by atoms with van der Waals surface area (Å²) >= 11 is 1.69. The normalized spacial score (nSPS) is 19.6. The number of rotatable bonds is 4. The van der Waals surface area contributed by atoms with E-state index in [9.17, 15) is 9.90 Å². The molecule has 1 fully saturated rings. The van der Waals surface area contributed by atoms with Crippen molar-refractivity contribution in [1.29, 1.82) is 0 Å². The van der Waals surface area contributed by atoms with Crippen LogP contribution >= 0.6 is 11.3 Å². The fourth-order valence-corrected chi connectivity index (χ4v) is 3.73.